The fourth-order valence-electron chi connectivity index (χ4n) is 1.68. The number of benzene rings is 1. The zero-order valence-electron chi connectivity index (χ0n) is 11.5. The van der Waals surface area contributed by atoms with Crippen LogP contribution in [0.1, 0.15) is 23.6 Å². The van der Waals surface area contributed by atoms with Gasteiger partial charge >= 0.3 is 0 Å². The molecule has 0 fully saturated rings. The third-order valence-corrected chi connectivity index (χ3v) is 4.71. The molecular weight excluding hydrogens is 306 g/mol. The van der Waals surface area contributed by atoms with E-state index in [-0.39, 0.29) is 5.25 Å². The third-order valence-electron chi connectivity index (χ3n) is 2.79. The van der Waals surface area contributed by atoms with E-state index in [9.17, 15) is 0 Å². The van der Waals surface area contributed by atoms with Crippen molar-refractivity contribution >= 4 is 28.2 Å². The van der Waals surface area contributed by atoms with Crippen LogP contribution in [0, 0.1) is 6.92 Å². The van der Waals surface area contributed by atoms with E-state index in [0.29, 0.717) is 16.9 Å². The van der Waals surface area contributed by atoms with Gasteiger partial charge in [0.1, 0.15) is 0 Å². The molecule has 0 saturated heterocycles. The third kappa shape index (κ3) is 3.22. The molecule has 2 aromatic heterocycles. The van der Waals surface area contributed by atoms with Crippen molar-refractivity contribution in [2.75, 3.05) is 5.73 Å². The maximum absolute atomic E-state index is 5.73. The van der Waals surface area contributed by atoms with E-state index in [1.54, 1.807) is 0 Å². The van der Waals surface area contributed by atoms with E-state index in [0.717, 1.165) is 9.90 Å². The zero-order valence-corrected chi connectivity index (χ0v) is 13.1. The van der Waals surface area contributed by atoms with Crippen LogP contribution < -0.4 is 5.73 Å². The molecule has 0 radical (unpaired) electrons. The van der Waals surface area contributed by atoms with Crippen LogP contribution in [0.3, 0.4) is 0 Å². The first kappa shape index (κ1) is 14.0. The van der Waals surface area contributed by atoms with Crippen LogP contribution in [0.2, 0.25) is 0 Å². The molecule has 8 heteroatoms. The maximum atomic E-state index is 5.73. The molecular formula is C13H13N5OS2. The number of aromatic nitrogens is 4. The molecule has 2 N–H and O–H groups in total. The van der Waals surface area contributed by atoms with Gasteiger partial charge in [-0.25, -0.2) is 0 Å². The highest BCUT2D eigenvalue weighted by Gasteiger charge is 2.18. The van der Waals surface area contributed by atoms with E-state index in [4.69, 9.17) is 10.2 Å². The van der Waals surface area contributed by atoms with Crippen molar-refractivity contribution in [3.05, 3.63) is 35.7 Å². The van der Waals surface area contributed by atoms with Gasteiger partial charge in [-0.3, -0.25) is 0 Å². The molecule has 0 aliphatic rings. The van der Waals surface area contributed by atoms with E-state index < -0.39 is 0 Å². The second kappa shape index (κ2) is 5.82. The van der Waals surface area contributed by atoms with Crippen LogP contribution in [0.5, 0.6) is 0 Å². The number of anilines is 1. The van der Waals surface area contributed by atoms with Gasteiger partial charge < -0.3 is 10.2 Å². The van der Waals surface area contributed by atoms with Crippen molar-refractivity contribution in [2.24, 2.45) is 0 Å². The molecule has 0 unspecified atom stereocenters. The van der Waals surface area contributed by atoms with Gasteiger partial charge in [-0.1, -0.05) is 40.8 Å². The van der Waals surface area contributed by atoms with Crippen LogP contribution in [0.4, 0.5) is 5.13 Å². The monoisotopic (exact) mass is 319 g/mol. The van der Waals surface area contributed by atoms with Gasteiger partial charge in [0.25, 0.3) is 0 Å². The Hall–Kier alpha value is -1.93. The molecule has 21 heavy (non-hydrogen) atoms. The van der Waals surface area contributed by atoms with E-state index in [1.165, 1.54) is 28.7 Å². The molecule has 0 aliphatic carbocycles. The number of nitrogen functional groups attached to an aromatic ring is 1. The molecule has 1 aromatic carbocycles. The first-order valence-corrected chi connectivity index (χ1v) is 7.97. The second-order valence-corrected chi connectivity index (χ2v) is 7.07. The molecule has 0 amide bonds. The summed E-state index contributed by atoms with van der Waals surface area (Å²) in [7, 11) is 0. The molecule has 0 saturated carbocycles. The highest BCUT2D eigenvalue weighted by molar-refractivity contribution is 8.01. The van der Waals surface area contributed by atoms with Crippen LogP contribution in [0.15, 0.2) is 33.0 Å². The number of nitrogens with zero attached hydrogens (tertiary/aromatic N) is 4. The van der Waals surface area contributed by atoms with Crippen LogP contribution in [0.25, 0.3) is 11.5 Å². The van der Waals surface area contributed by atoms with Crippen LogP contribution in [-0.4, -0.2) is 20.4 Å². The lowest BCUT2D eigenvalue weighted by molar-refractivity contribution is 0.509. The van der Waals surface area contributed by atoms with Gasteiger partial charge in [0, 0.05) is 5.56 Å². The van der Waals surface area contributed by atoms with Crippen LogP contribution >= 0.6 is 23.1 Å². The molecule has 3 aromatic rings. The minimum Gasteiger partial charge on any atom is -0.419 e. The Kier molecular flexibility index (Phi) is 3.89. The van der Waals surface area contributed by atoms with Crippen molar-refractivity contribution in [2.45, 2.75) is 23.4 Å². The van der Waals surface area contributed by atoms with Crippen molar-refractivity contribution in [1.29, 1.82) is 0 Å². The predicted octanol–water partition coefficient (Wildman–Crippen LogP) is 3.33. The quantitative estimate of drug-likeness (QED) is 0.737. The summed E-state index contributed by atoms with van der Waals surface area (Å²) in [4.78, 5) is 0. The Morgan fingerprint density at radius 3 is 2.57 bits per heavy atom. The molecule has 3 rings (SSSR count). The van der Waals surface area contributed by atoms with Gasteiger partial charge in [-0.2, -0.15) is 0 Å². The Labute approximate surface area is 129 Å². The molecule has 0 aliphatic heterocycles. The number of aryl methyl sites for hydroxylation is 1. The van der Waals surface area contributed by atoms with Crippen molar-refractivity contribution < 1.29 is 4.42 Å². The van der Waals surface area contributed by atoms with Gasteiger partial charge in [0.05, 0.1) is 5.25 Å². The van der Waals surface area contributed by atoms with Crippen molar-refractivity contribution in [1.82, 2.24) is 20.4 Å². The lowest BCUT2D eigenvalue weighted by atomic mass is 10.1. The molecule has 0 spiro atoms. The molecule has 0 bridgehead atoms. The standard InChI is InChI=1S/C13H13N5OS2/c1-7-3-5-9(6-4-7)11-16-15-10(19-11)8(2)20-13-18-17-12(14)21-13/h3-6,8H,1-2H3,(H2,14,17)/t8-/m0/s1. The number of hydrogen-bond acceptors (Lipinski definition) is 8. The van der Waals surface area contributed by atoms with E-state index >= 15 is 0 Å². The fourth-order valence-corrected chi connectivity index (χ4v) is 3.49. The fraction of sp³-hybridized carbons (Fsp3) is 0.231. The number of rotatable bonds is 4. The van der Waals surface area contributed by atoms with Gasteiger partial charge in [0.2, 0.25) is 16.9 Å². The summed E-state index contributed by atoms with van der Waals surface area (Å²) in [6.45, 7) is 4.02. The Morgan fingerprint density at radius 1 is 1.14 bits per heavy atom. The number of hydrogen-bond donors (Lipinski definition) is 1. The smallest absolute Gasteiger partial charge is 0.247 e. The predicted molar refractivity (Wildman–Crippen MR) is 83.1 cm³/mol. The minimum absolute atomic E-state index is 0.0101. The normalized spacial score (nSPS) is 12.5. The largest absolute Gasteiger partial charge is 0.419 e. The minimum atomic E-state index is -0.0101. The SMILES string of the molecule is Cc1ccc(-c2nnc([C@H](C)Sc3nnc(N)s3)o2)cc1. The summed E-state index contributed by atoms with van der Waals surface area (Å²) in [5.41, 5.74) is 7.67. The average molecular weight is 319 g/mol. The lowest BCUT2D eigenvalue weighted by Gasteiger charge is -2.02. The highest BCUT2D eigenvalue weighted by atomic mass is 32.2. The highest BCUT2D eigenvalue weighted by Crippen LogP contribution is 2.36. The first-order valence-electron chi connectivity index (χ1n) is 6.28. The summed E-state index contributed by atoms with van der Waals surface area (Å²) in [6.07, 6.45) is 0. The first-order chi connectivity index (χ1) is 10.1. The molecule has 2 heterocycles. The number of nitrogens with two attached hydrogens (primary N) is 1. The average Bonchev–Trinajstić information content (AvgIpc) is 3.09. The van der Waals surface area contributed by atoms with Crippen molar-refractivity contribution in [3.8, 4) is 11.5 Å². The summed E-state index contributed by atoms with van der Waals surface area (Å²) in [5.74, 6) is 1.08. The Balaban J connectivity index is 1.76. The van der Waals surface area contributed by atoms with Gasteiger partial charge in [0.15, 0.2) is 4.34 Å². The van der Waals surface area contributed by atoms with Gasteiger partial charge in [-0.05, 0) is 26.0 Å². The summed E-state index contributed by atoms with van der Waals surface area (Å²) in [6, 6.07) is 7.97. The zero-order chi connectivity index (χ0) is 14.8. The van der Waals surface area contributed by atoms with E-state index in [1.807, 2.05) is 38.1 Å². The maximum Gasteiger partial charge on any atom is 0.247 e. The number of thioether (sulfide) groups is 1. The Morgan fingerprint density at radius 2 is 1.90 bits per heavy atom. The summed E-state index contributed by atoms with van der Waals surface area (Å²) < 4.78 is 6.52. The second-order valence-electron chi connectivity index (χ2n) is 4.48. The Bertz CT molecular complexity index is 737. The molecule has 6 nitrogen and oxygen atoms in total. The molecule has 1 atom stereocenters. The topological polar surface area (TPSA) is 90.7 Å². The summed E-state index contributed by atoms with van der Waals surface area (Å²) in [5, 5.41) is 16.4. The van der Waals surface area contributed by atoms with Crippen molar-refractivity contribution in [3.63, 3.8) is 0 Å². The summed E-state index contributed by atoms with van der Waals surface area (Å²) >= 11 is 2.84. The van der Waals surface area contributed by atoms with Crippen LogP contribution in [-0.2, 0) is 0 Å². The van der Waals surface area contributed by atoms with E-state index in [2.05, 4.69) is 20.4 Å². The van der Waals surface area contributed by atoms with Gasteiger partial charge in [-0.15, -0.1) is 20.4 Å². The lowest BCUT2D eigenvalue weighted by Crippen LogP contribution is -1.88. The molecule has 108 valence electrons.